The fraction of sp³-hybridized carbons (Fsp3) is 0.400. The first-order chi connectivity index (χ1) is 8.60. The number of rotatable bonds is 3. The number of hydrogen-bond acceptors (Lipinski definition) is 2. The number of methoxy groups -OCH3 is 1. The largest absolute Gasteiger partial charge is 0.497 e. The van der Waals surface area contributed by atoms with Crippen LogP contribution in [-0.4, -0.2) is 13.8 Å². The quantitative estimate of drug-likeness (QED) is 0.674. The molecule has 0 atom stereocenters. The molecule has 0 saturated heterocycles. The molecule has 0 saturated carbocycles. The first kappa shape index (κ1) is 18.7. The van der Waals surface area contributed by atoms with Gasteiger partial charge in [0.2, 0.25) is 0 Å². The highest BCUT2D eigenvalue weighted by atomic mass is 19.1. The van der Waals surface area contributed by atoms with Crippen LogP contribution in [0.4, 0.5) is 10.1 Å². The maximum Gasteiger partial charge on any atom is 0.153 e. The van der Waals surface area contributed by atoms with E-state index in [1.807, 2.05) is 27.7 Å². The van der Waals surface area contributed by atoms with Crippen molar-refractivity contribution in [3.05, 3.63) is 30.1 Å². The van der Waals surface area contributed by atoms with E-state index in [1.54, 1.807) is 13.0 Å². The van der Waals surface area contributed by atoms with Crippen molar-refractivity contribution in [3.63, 3.8) is 0 Å². The van der Waals surface area contributed by atoms with Crippen LogP contribution in [0.25, 0.3) is 5.57 Å². The van der Waals surface area contributed by atoms with Crippen LogP contribution >= 0.6 is 0 Å². The van der Waals surface area contributed by atoms with E-state index < -0.39 is 5.82 Å². The lowest BCUT2D eigenvalue weighted by molar-refractivity contribution is 0.411. The second kappa shape index (κ2) is 10.5. The third-order valence-electron chi connectivity index (χ3n) is 1.89. The van der Waals surface area contributed by atoms with Crippen molar-refractivity contribution in [1.29, 1.82) is 0 Å². The van der Waals surface area contributed by atoms with Gasteiger partial charge in [-0.2, -0.15) is 0 Å². The van der Waals surface area contributed by atoms with Crippen LogP contribution in [0, 0.1) is 5.82 Å². The van der Waals surface area contributed by atoms with Crippen molar-refractivity contribution in [2.24, 2.45) is 4.99 Å². The molecule has 0 unspecified atom stereocenters. The van der Waals surface area contributed by atoms with Crippen molar-refractivity contribution in [3.8, 4) is 5.75 Å². The predicted molar refractivity (Wildman–Crippen MR) is 79.6 cm³/mol. The summed E-state index contributed by atoms with van der Waals surface area (Å²) in [5.41, 5.74) is 1.57. The molecule has 0 aromatic heterocycles. The Hall–Kier alpha value is -1.64. The van der Waals surface area contributed by atoms with Gasteiger partial charge in [-0.15, -0.1) is 0 Å². The number of hydrogen-bond donors (Lipinski definition) is 0. The van der Waals surface area contributed by atoms with Crippen LogP contribution in [-0.2, 0) is 0 Å². The molecule has 0 N–H and O–H groups in total. The smallest absolute Gasteiger partial charge is 0.153 e. The molecular formula is C15H24FNO. The summed E-state index contributed by atoms with van der Waals surface area (Å²) in [6.45, 7) is 16.8. The number of aliphatic imine (C=N–C) groups is 1. The lowest BCUT2D eigenvalue weighted by Gasteiger charge is -2.08. The van der Waals surface area contributed by atoms with Crippen molar-refractivity contribution in [2.45, 2.75) is 34.6 Å². The number of halogens is 1. The Balaban J connectivity index is 0. The van der Waals surface area contributed by atoms with Crippen LogP contribution in [0.3, 0.4) is 0 Å². The average molecular weight is 253 g/mol. The molecule has 0 bridgehead atoms. The van der Waals surface area contributed by atoms with Gasteiger partial charge in [-0.3, -0.25) is 4.99 Å². The Morgan fingerprint density at radius 3 is 2.06 bits per heavy atom. The molecule has 0 radical (unpaired) electrons. The maximum atomic E-state index is 13.4. The molecule has 0 fully saturated rings. The average Bonchev–Trinajstić information content (AvgIpc) is 2.42. The summed E-state index contributed by atoms with van der Waals surface area (Å²) in [7, 11) is 1.48. The Morgan fingerprint density at radius 1 is 1.22 bits per heavy atom. The maximum absolute atomic E-state index is 13.4. The van der Waals surface area contributed by atoms with Gasteiger partial charge >= 0.3 is 0 Å². The second-order valence-corrected chi connectivity index (χ2v) is 2.94. The van der Waals surface area contributed by atoms with Gasteiger partial charge in [-0.25, -0.2) is 4.39 Å². The van der Waals surface area contributed by atoms with Crippen LogP contribution in [0.5, 0.6) is 5.75 Å². The SMILES string of the molecule is C=Nc1c(F)cc(OC)cc1C(=C)C.CC.CC. The summed E-state index contributed by atoms with van der Waals surface area (Å²) in [6.07, 6.45) is 0. The Labute approximate surface area is 110 Å². The van der Waals surface area contributed by atoms with E-state index in [9.17, 15) is 4.39 Å². The summed E-state index contributed by atoms with van der Waals surface area (Å²) < 4.78 is 18.3. The fourth-order valence-electron chi connectivity index (χ4n) is 1.18. The first-order valence-corrected chi connectivity index (χ1v) is 6.10. The zero-order valence-corrected chi connectivity index (χ0v) is 12.3. The topological polar surface area (TPSA) is 21.6 Å². The molecule has 0 amide bonds. The van der Waals surface area contributed by atoms with Crippen LogP contribution in [0.15, 0.2) is 23.7 Å². The van der Waals surface area contributed by atoms with Gasteiger partial charge in [-0.05, 0) is 25.3 Å². The normalized spacial score (nSPS) is 8.17. The molecule has 18 heavy (non-hydrogen) atoms. The molecule has 0 aliphatic carbocycles. The minimum absolute atomic E-state index is 0.221. The van der Waals surface area contributed by atoms with Gasteiger partial charge in [0, 0.05) is 11.6 Å². The van der Waals surface area contributed by atoms with Crippen LogP contribution in [0.2, 0.25) is 0 Å². The van der Waals surface area contributed by atoms with E-state index in [-0.39, 0.29) is 5.69 Å². The summed E-state index contributed by atoms with van der Waals surface area (Å²) in [6, 6.07) is 2.96. The zero-order chi connectivity index (χ0) is 14.7. The molecular weight excluding hydrogens is 229 g/mol. The van der Waals surface area contributed by atoms with E-state index >= 15 is 0 Å². The van der Waals surface area contributed by atoms with E-state index in [0.717, 1.165) is 5.57 Å². The lowest BCUT2D eigenvalue weighted by Crippen LogP contribution is -1.89. The molecule has 1 aromatic carbocycles. The molecule has 3 heteroatoms. The van der Waals surface area contributed by atoms with E-state index in [2.05, 4.69) is 18.3 Å². The van der Waals surface area contributed by atoms with Gasteiger partial charge in [0.15, 0.2) is 5.82 Å². The molecule has 0 aliphatic heterocycles. The van der Waals surface area contributed by atoms with Gasteiger partial charge in [-0.1, -0.05) is 34.3 Å². The highest BCUT2D eigenvalue weighted by Crippen LogP contribution is 2.32. The molecule has 0 aliphatic rings. The number of ether oxygens (including phenoxy) is 1. The van der Waals surface area contributed by atoms with E-state index in [4.69, 9.17) is 4.74 Å². The molecule has 1 aromatic rings. The van der Waals surface area contributed by atoms with Crippen LogP contribution in [0.1, 0.15) is 40.2 Å². The Kier molecular flexibility index (Phi) is 10.9. The van der Waals surface area contributed by atoms with Crippen molar-refractivity contribution in [2.75, 3.05) is 7.11 Å². The number of benzene rings is 1. The van der Waals surface area contributed by atoms with Crippen molar-refractivity contribution >= 4 is 18.0 Å². The number of nitrogens with zero attached hydrogens (tertiary/aromatic N) is 1. The third kappa shape index (κ3) is 5.13. The second-order valence-electron chi connectivity index (χ2n) is 2.94. The Bertz CT molecular complexity index is 386. The third-order valence-corrected chi connectivity index (χ3v) is 1.89. The summed E-state index contributed by atoms with van der Waals surface area (Å²) in [5.74, 6) is 0.00486. The summed E-state index contributed by atoms with van der Waals surface area (Å²) in [4.78, 5) is 3.63. The van der Waals surface area contributed by atoms with Crippen molar-refractivity contribution in [1.82, 2.24) is 0 Å². The van der Waals surface area contributed by atoms with Crippen molar-refractivity contribution < 1.29 is 9.13 Å². The molecule has 2 nitrogen and oxygen atoms in total. The highest BCUT2D eigenvalue weighted by Gasteiger charge is 2.10. The van der Waals surface area contributed by atoms with Crippen LogP contribution < -0.4 is 4.74 Å². The zero-order valence-electron chi connectivity index (χ0n) is 12.3. The standard InChI is InChI=1S/C11H12FNO.2C2H6/c1-7(2)9-5-8(14-4)6-10(12)11(9)13-3;2*1-2/h5-6H,1,3H2,2,4H3;2*1-2H3. The minimum Gasteiger partial charge on any atom is -0.497 e. The minimum atomic E-state index is -0.447. The van der Waals surface area contributed by atoms with Gasteiger partial charge in [0.05, 0.1) is 7.11 Å². The summed E-state index contributed by atoms with van der Waals surface area (Å²) >= 11 is 0. The predicted octanol–water partition coefficient (Wildman–Crippen LogP) is 5.25. The fourth-order valence-corrected chi connectivity index (χ4v) is 1.18. The molecule has 102 valence electrons. The van der Waals surface area contributed by atoms with Gasteiger partial charge in [0.25, 0.3) is 0 Å². The van der Waals surface area contributed by atoms with Gasteiger partial charge in [0.1, 0.15) is 11.4 Å². The summed E-state index contributed by atoms with van der Waals surface area (Å²) in [5, 5.41) is 0. The highest BCUT2D eigenvalue weighted by molar-refractivity contribution is 5.74. The van der Waals surface area contributed by atoms with Gasteiger partial charge < -0.3 is 4.74 Å². The first-order valence-electron chi connectivity index (χ1n) is 6.10. The molecule has 0 spiro atoms. The van der Waals surface area contributed by atoms with E-state index in [0.29, 0.717) is 11.3 Å². The van der Waals surface area contributed by atoms with E-state index in [1.165, 1.54) is 13.2 Å². The monoisotopic (exact) mass is 253 g/mol. The molecule has 0 heterocycles. The Morgan fingerprint density at radius 2 is 1.72 bits per heavy atom. The number of allylic oxidation sites excluding steroid dienone is 1. The molecule has 1 rings (SSSR count). The lowest BCUT2D eigenvalue weighted by atomic mass is 10.1.